The van der Waals surface area contributed by atoms with Crippen LogP contribution >= 0.6 is 12.2 Å². The summed E-state index contributed by atoms with van der Waals surface area (Å²) in [6, 6.07) is 1.48. The van der Waals surface area contributed by atoms with E-state index in [9.17, 15) is 4.39 Å². The Balaban J connectivity index is 2.66. The van der Waals surface area contributed by atoms with Crippen LogP contribution in [0.15, 0.2) is 18.5 Å². The van der Waals surface area contributed by atoms with Crippen molar-refractivity contribution in [3.8, 4) is 11.4 Å². The minimum Gasteiger partial charge on any atom is -0.335 e. The number of nitrogens with zero attached hydrogens (tertiary/aromatic N) is 3. The molecule has 0 fully saturated rings. The molecule has 0 saturated carbocycles. The van der Waals surface area contributed by atoms with E-state index in [0.717, 1.165) is 10.9 Å². The van der Waals surface area contributed by atoms with Crippen LogP contribution < -0.4 is 5.84 Å². The van der Waals surface area contributed by atoms with E-state index in [0.29, 0.717) is 0 Å². The molecule has 0 radical (unpaired) electrons. The molecule has 0 unspecified atom stereocenters. The van der Waals surface area contributed by atoms with Crippen molar-refractivity contribution in [3.05, 3.63) is 29.0 Å². The Labute approximate surface area is 83.4 Å². The maximum absolute atomic E-state index is 13.2. The van der Waals surface area contributed by atoms with Crippen LogP contribution in [-0.2, 0) is 0 Å². The van der Waals surface area contributed by atoms with Gasteiger partial charge in [-0.25, -0.2) is 14.2 Å². The van der Waals surface area contributed by atoms with Gasteiger partial charge in [0.1, 0.15) is 0 Å². The standard InChI is InChI=1S/C7H6FN5S/c8-5-3-10-2-1-4(5)6-11-12-7(14)13(6)9/h1-3H,9H2,(H,12,14). The van der Waals surface area contributed by atoms with Crippen LogP contribution in [0.3, 0.4) is 0 Å². The second-order valence-corrected chi connectivity index (χ2v) is 2.96. The molecule has 0 aliphatic heterocycles. The molecule has 5 nitrogen and oxygen atoms in total. The van der Waals surface area contributed by atoms with Crippen molar-refractivity contribution >= 4 is 12.2 Å². The highest BCUT2D eigenvalue weighted by Crippen LogP contribution is 2.17. The first-order valence-electron chi connectivity index (χ1n) is 3.72. The molecule has 0 aromatic carbocycles. The molecule has 2 aromatic rings. The summed E-state index contributed by atoms with van der Waals surface area (Å²) in [6.45, 7) is 0. The van der Waals surface area contributed by atoms with E-state index in [4.69, 9.17) is 18.1 Å². The summed E-state index contributed by atoms with van der Waals surface area (Å²) in [5.74, 6) is 5.29. The van der Waals surface area contributed by atoms with Crippen LogP contribution in [0.5, 0.6) is 0 Å². The molecule has 0 bridgehead atoms. The van der Waals surface area contributed by atoms with Gasteiger partial charge in [0.25, 0.3) is 0 Å². The summed E-state index contributed by atoms with van der Waals surface area (Å²) in [6.07, 6.45) is 2.54. The Morgan fingerprint density at radius 2 is 2.36 bits per heavy atom. The molecule has 2 aromatic heterocycles. The maximum atomic E-state index is 13.2. The monoisotopic (exact) mass is 211 g/mol. The van der Waals surface area contributed by atoms with Crippen LogP contribution in [0.1, 0.15) is 0 Å². The lowest BCUT2D eigenvalue weighted by Gasteiger charge is -2.00. The Bertz CT molecular complexity index is 517. The summed E-state index contributed by atoms with van der Waals surface area (Å²) in [7, 11) is 0. The number of aromatic nitrogens is 4. The SMILES string of the molecule is Nn1c(-c2ccncc2F)n[nH]c1=S. The molecule has 0 atom stereocenters. The molecule has 2 rings (SSSR count). The van der Waals surface area contributed by atoms with Crippen molar-refractivity contribution in [2.24, 2.45) is 0 Å². The average molecular weight is 211 g/mol. The fourth-order valence-electron chi connectivity index (χ4n) is 1.05. The molecule has 0 amide bonds. The van der Waals surface area contributed by atoms with Gasteiger partial charge < -0.3 is 5.84 Å². The lowest BCUT2D eigenvalue weighted by atomic mass is 10.2. The second kappa shape index (κ2) is 3.18. The highest BCUT2D eigenvalue weighted by Gasteiger charge is 2.10. The van der Waals surface area contributed by atoms with E-state index in [2.05, 4.69) is 15.2 Å². The fraction of sp³-hybridized carbons (Fsp3) is 0. The molecule has 2 heterocycles. The van der Waals surface area contributed by atoms with Gasteiger partial charge in [-0.05, 0) is 18.3 Å². The Morgan fingerprint density at radius 3 is 2.93 bits per heavy atom. The molecule has 72 valence electrons. The minimum absolute atomic E-state index is 0.233. The van der Waals surface area contributed by atoms with Crippen LogP contribution in [0.25, 0.3) is 11.4 Å². The molecule has 0 aliphatic rings. The predicted molar refractivity (Wildman–Crippen MR) is 50.8 cm³/mol. The van der Waals surface area contributed by atoms with Gasteiger partial charge in [-0.2, -0.15) is 5.10 Å². The van der Waals surface area contributed by atoms with E-state index in [1.54, 1.807) is 0 Å². The van der Waals surface area contributed by atoms with Crippen LogP contribution in [-0.4, -0.2) is 19.9 Å². The Morgan fingerprint density at radius 1 is 1.57 bits per heavy atom. The fourth-order valence-corrected chi connectivity index (χ4v) is 1.18. The molecule has 3 N–H and O–H groups in total. The number of pyridine rings is 1. The van der Waals surface area contributed by atoms with E-state index in [1.807, 2.05) is 0 Å². The number of nitrogens with one attached hydrogen (secondary N) is 1. The Hall–Kier alpha value is -1.76. The molecule has 0 spiro atoms. The van der Waals surface area contributed by atoms with E-state index in [1.165, 1.54) is 12.3 Å². The number of aromatic amines is 1. The Kier molecular flexibility index (Phi) is 2.01. The number of hydrogen-bond donors (Lipinski definition) is 2. The molecular weight excluding hydrogens is 205 g/mol. The van der Waals surface area contributed by atoms with Gasteiger partial charge in [0.05, 0.1) is 11.8 Å². The van der Waals surface area contributed by atoms with Crippen molar-refractivity contribution in [1.82, 2.24) is 19.9 Å². The van der Waals surface area contributed by atoms with Crippen molar-refractivity contribution in [3.63, 3.8) is 0 Å². The zero-order valence-corrected chi connectivity index (χ0v) is 7.75. The van der Waals surface area contributed by atoms with Crippen LogP contribution in [0.4, 0.5) is 4.39 Å². The van der Waals surface area contributed by atoms with Gasteiger partial charge in [0.2, 0.25) is 4.77 Å². The lowest BCUT2D eigenvalue weighted by molar-refractivity contribution is 0.623. The molecule has 14 heavy (non-hydrogen) atoms. The number of rotatable bonds is 1. The smallest absolute Gasteiger partial charge is 0.214 e. The summed E-state index contributed by atoms with van der Waals surface area (Å²) in [5, 5.41) is 6.27. The third-order valence-corrected chi connectivity index (χ3v) is 2.01. The molecule has 7 heteroatoms. The first-order valence-corrected chi connectivity index (χ1v) is 4.13. The molecule has 0 aliphatic carbocycles. The predicted octanol–water partition coefficient (Wildman–Crippen LogP) is 0.856. The topological polar surface area (TPSA) is 72.5 Å². The van der Waals surface area contributed by atoms with Crippen molar-refractivity contribution in [1.29, 1.82) is 0 Å². The average Bonchev–Trinajstić information content (AvgIpc) is 2.49. The third-order valence-electron chi connectivity index (χ3n) is 1.72. The summed E-state index contributed by atoms with van der Waals surface area (Å²) in [5.41, 5.74) is 0.259. The van der Waals surface area contributed by atoms with Gasteiger partial charge in [0.15, 0.2) is 11.6 Å². The zero-order valence-electron chi connectivity index (χ0n) is 6.94. The summed E-state index contributed by atoms with van der Waals surface area (Å²) in [4.78, 5) is 3.62. The largest absolute Gasteiger partial charge is 0.335 e. The zero-order chi connectivity index (χ0) is 10.1. The number of nitrogens with two attached hydrogens (primary N) is 1. The molecule has 0 saturated heterocycles. The number of hydrogen-bond acceptors (Lipinski definition) is 4. The van der Waals surface area contributed by atoms with Crippen molar-refractivity contribution in [2.75, 3.05) is 5.84 Å². The van der Waals surface area contributed by atoms with E-state index < -0.39 is 5.82 Å². The van der Waals surface area contributed by atoms with E-state index >= 15 is 0 Å². The van der Waals surface area contributed by atoms with Crippen molar-refractivity contribution in [2.45, 2.75) is 0 Å². The van der Waals surface area contributed by atoms with Gasteiger partial charge in [-0.3, -0.25) is 4.98 Å². The number of halogens is 1. The number of H-pyrrole nitrogens is 1. The minimum atomic E-state index is -0.492. The summed E-state index contributed by atoms with van der Waals surface area (Å²) < 4.78 is 14.6. The van der Waals surface area contributed by atoms with Gasteiger partial charge in [0, 0.05) is 6.20 Å². The highest BCUT2D eigenvalue weighted by molar-refractivity contribution is 7.71. The lowest BCUT2D eigenvalue weighted by Crippen LogP contribution is -2.10. The van der Waals surface area contributed by atoms with Crippen LogP contribution in [0.2, 0.25) is 0 Å². The first kappa shape index (κ1) is 8.82. The van der Waals surface area contributed by atoms with E-state index in [-0.39, 0.29) is 16.2 Å². The van der Waals surface area contributed by atoms with Gasteiger partial charge in [-0.1, -0.05) is 0 Å². The highest BCUT2D eigenvalue weighted by atomic mass is 32.1. The number of nitrogen functional groups attached to an aromatic ring is 1. The first-order chi connectivity index (χ1) is 6.70. The van der Waals surface area contributed by atoms with Crippen molar-refractivity contribution < 1.29 is 4.39 Å². The van der Waals surface area contributed by atoms with Gasteiger partial charge >= 0.3 is 0 Å². The van der Waals surface area contributed by atoms with Crippen LogP contribution in [0, 0.1) is 10.6 Å². The third kappa shape index (κ3) is 1.27. The normalized spacial score (nSPS) is 10.4. The molecular formula is C7H6FN5S. The second-order valence-electron chi connectivity index (χ2n) is 2.58. The quantitative estimate of drug-likeness (QED) is 0.542. The summed E-state index contributed by atoms with van der Waals surface area (Å²) >= 11 is 4.80. The van der Waals surface area contributed by atoms with Gasteiger partial charge in [-0.15, -0.1) is 0 Å². The maximum Gasteiger partial charge on any atom is 0.214 e.